The van der Waals surface area contributed by atoms with Crippen molar-refractivity contribution in [2.24, 2.45) is 0 Å². The molecule has 2 aromatic rings. The fourth-order valence-electron chi connectivity index (χ4n) is 2.40. The lowest BCUT2D eigenvalue weighted by atomic mass is 10.0. The first-order valence-corrected chi connectivity index (χ1v) is 6.68. The number of ether oxygens (including phenoxy) is 1. The molecule has 0 aromatic heterocycles. The zero-order valence-corrected chi connectivity index (χ0v) is 11.8. The minimum absolute atomic E-state index is 0.340. The zero-order valence-electron chi connectivity index (χ0n) is 11.8. The Bertz CT molecular complexity index is 610. The Labute approximate surface area is 118 Å². The van der Waals surface area contributed by atoms with E-state index in [1.165, 1.54) is 0 Å². The Hall–Kier alpha value is -2.07. The first-order valence-electron chi connectivity index (χ1n) is 6.68. The van der Waals surface area contributed by atoms with E-state index in [9.17, 15) is 9.90 Å². The Balaban J connectivity index is 2.54. The van der Waals surface area contributed by atoms with E-state index in [1.807, 2.05) is 30.3 Å². The summed E-state index contributed by atoms with van der Waals surface area (Å²) in [6, 6.07) is 11.2. The highest BCUT2D eigenvalue weighted by atomic mass is 16.5. The Morgan fingerprint density at radius 3 is 2.50 bits per heavy atom. The van der Waals surface area contributed by atoms with Crippen LogP contribution < -0.4 is 4.90 Å². The van der Waals surface area contributed by atoms with Crippen molar-refractivity contribution in [3.05, 3.63) is 42.0 Å². The molecule has 0 bridgehead atoms. The van der Waals surface area contributed by atoms with Gasteiger partial charge in [0, 0.05) is 31.3 Å². The molecule has 0 unspecified atom stereocenters. The monoisotopic (exact) mass is 273 g/mol. The van der Waals surface area contributed by atoms with Gasteiger partial charge in [0.05, 0.1) is 12.2 Å². The summed E-state index contributed by atoms with van der Waals surface area (Å²) < 4.78 is 5.13. The molecule has 2 aromatic carbocycles. The number of benzene rings is 2. The molecule has 20 heavy (non-hydrogen) atoms. The van der Waals surface area contributed by atoms with Crippen LogP contribution in [-0.2, 0) is 4.74 Å². The van der Waals surface area contributed by atoms with Crippen molar-refractivity contribution in [2.45, 2.75) is 6.92 Å². The number of carboxylic acids is 1. The minimum atomic E-state index is -0.896. The summed E-state index contributed by atoms with van der Waals surface area (Å²) in [6.07, 6.45) is 0. The number of anilines is 1. The molecule has 0 saturated carbocycles. The van der Waals surface area contributed by atoms with Gasteiger partial charge in [-0.1, -0.05) is 24.3 Å². The van der Waals surface area contributed by atoms with Crippen LogP contribution in [0, 0.1) is 0 Å². The highest BCUT2D eigenvalue weighted by Gasteiger charge is 2.14. The average molecular weight is 273 g/mol. The van der Waals surface area contributed by atoms with Gasteiger partial charge in [-0.05, 0) is 24.4 Å². The van der Waals surface area contributed by atoms with Gasteiger partial charge < -0.3 is 14.7 Å². The number of hydrogen-bond acceptors (Lipinski definition) is 3. The molecule has 0 radical (unpaired) electrons. The quantitative estimate of drug-likeness (QED) is 0.879. The van der Waals surface area contributed by atoms with Crippen molar-refractivity contribution in [3.8, 4) is 0 Å². The zero-order chi connectivity index (χ0) is 14.5. The van der Waals surface area contributed by atoms with Crippen molar-refractivity contribution in [1.29, 1.82) is 0 Å². The van der Waals surface area contributed by atoms with Crippen LogP contribution in [0.15, 0.2) is 36.4 Å². The molecule has 0 aliphatic carbocycles. The molecular weight excluding hydrogens is 254 g/mol. The molecule has 0 amide bonds. The van der Waals surface area contributed by atoms with Crippen LogP contribution in [0.5, 0.6) is 0 Å². The maximum atomic E-state index is 11.3. The van der Waals surface area contributed by atoms with Gasteiger partial charge in [0.15, 0.2) is 0 Å². The molecule has 1 N–H and O–H groups in total. The van der Waals surface area contributed by atoms with E-state index < -0.39 is 5.97 Å². The molecule has 0 spiro atoms. The molecular formula is C16H19NO3. The molecule has 0 heterocycles. The standard InChI is InChI=1S/C16H19NO3/c1-3-17(10-11-20-2)15-9-8-14(16(18)19)12-6-4-5-7-13(12)15/h4-9H,3,10-11H2,1-2H3,(H,18,19). The molecule has 0 aliphatic rings. The first-order chi connectivity index (χ1) is 9.69. The summed E-state index contributed by atoms with van der Waals surface area (Å²) in [7, 11) is 1.68. The second-order valence-corrected chi connectivity index (χ2v) is 4.56. The van der Waals surface area contributed by atoms with Gasteiger partial charge in [-0.2, -0.15) is 0 Å². The van der Waals surface area contributed by atoms with E-state index in [1.54, 1.807) is 13.2 Å². The summed E-state index contributed by atoms with van der Waals surface area (Å²) in [5, 5.41) is 11.0. The number of carboxylic acid groups (broad SMARTS) is 1. The topological polar surface area (TPSA) is 49.8 Å². The van der Waals surface area contributed by atoms with Crippen LogP contribution in [0.2, 0.25) is 0 Å². The van der Waals surface area contributed by atoms with Gasteiger partial charge in [0.1, 0.15) is 0 Å². The first kappa shape index (κ1) is 14.3. The van der Waals surface area contributed by atoms with Crippen LogP contribution in [0.3, 0.4) is 0 Å². The number of nitrogens with zero attached hydrogens (tertiary/aromatic N) is 1. The van der Waals surface area contributed by atoms with Gasteiger partial charge >= 0.3 is 5.97 Å². The van der Waals surface area contributed by atoms with E-state index in [-0.39, 0.29) is 0 Å². The van der Waals surface area contributed by atoms with E-state index in [2.05, 4.69) is 11.8 Å². The second-order valence-electron chi connectivity index (χ2n) is 4.56. The van der Waals surface area contributed by atoms with Gasteiger partial charge in [0.2, 0.25) is 0 Å². The summed E-state index contributed by atoms with van der Waals surface area (Å²) in [4.78, 5) is 13.5. The fourth-order valence-corrected chi connectivity index (χ4v) is 2.40. The Morgan fingerprint density at radius 1 is 1.20 bits per heavy atom. The summed E-state index contributed by atoms with van der Waals surface area (Å²) in [5.74, 6) is -0.896. The largest absolute Gasteiger partial charge is 0.478 e. The average Bonchev–Trinajstić information content (AvgIpc) is 2.47. The summed E-state index contributed by atoms with van der Waals surface area (Å²) in [5.41, 5.74) is 1.39. The third-order valence-corrected chi connectivity index (χ3v) is 3.42. The molecule has 4 heteroatoms. The highest BCUT2D eigenvalue weighted by Crippen LogP contribution is 2.29. The van der Waals surface area contributed by atoms with Crippen LogP contribution >= 0.6 is 0 Å². The van der Waals surface area contributed by atoms with Crippen molar-refractivity contribution in [1.82, 2.24) is 0 Å². The fraction of sp³-hybridized carbons (Fsp3) is 0.312. The maximum Gasteiger partial charge on any atom is 0.336 e. The molecule has 2 rings (SSSR count). The highest BCUT2D eigenvalue weighted by molar-refractivity contribution is 6.07. The molecule has 0 saturated heterocycles. The second kappa shape index (κ2) is 6.39. The SMILES string of the molecule is CCN(CCOC)c1ccc(C(=O)O)c2ccccc12. The third-order valence-electron chi connectivity index (χ3n) is 3.42. The van der Waals surface area contributed by atoms with Crippen molar-refractivity contribution in [2.75, 3.05) is 31.7 Å². The molecule has 106 valence electrons. The maximum absolute atomic E-state index is 11.3. The lowest BCUT2D eigenvalue weighted by Gasteiger charge is -2.24. The van der Waals surface area contributed by atoms with Crippen LogP contribution in [0.4, 0.5) is 5.69 Å². The van der Waals surface area contributed by atoms with E-state index >= 15 is 0 Å². The van der Waals surface area contributed by atoms with E-state index in [0.29, 0.717) is 12.2 Å². The number of aromatic carboxylic acids is 1. The molecule has 4 nitrogen and oxygen atoms in total. The lowest BCUT2D eigenvalue weighted by Crippen LogP contribution is -2.27. The minimum Gasteiger partial charge on any atom is -0.478 e. The number of fused-ring (bicyclic) bond motifs is 1. The summed E-state index contributed by atoms with van der Waals surface area (Å²) in [6.45, 7) is 4.35. The smallest absolute Gasteiger partial charge is 0.336 e. The van der Waals surface area contributed by atoms with Crippen molar-refractivity contribution in [3.63, 3.8) is 0 Å². The molecule has 0 fully saturated rings. The lowest BCUT2D eigenvalue weighted by molar-refractivity contribution is 0.0699. The number of hydrogen-bond donors (Lipinski definition) is 1. The van der Waals surface area contributed by atoms with Gasteiger partial charge in [-0.3, -0.25) is 0 Å². The predicted octanol–water partition coefficient (Wildman–Crippen LogP) is 3.01. The Kier molecular flexibility index (Phi) is 4.58. The van der Waals surface area contributed by atoms with E-state index in [0.717, 1.165) is 29.5 Å². The van der Waals surface area contributed by atoms with Crippen LogP contribution in [-0.4, -0.2) is 37.9 Å². The Morgan fingerprint density at radius 2 is 1.90 bits per heavy atom. The predicted molar refractivity (Wildman–Crippen MR) is 80.7 cm³/mol. The van der Waals surface area contributed by atoms with E-state index in [4.69, 9.17) is 4.74 Å². The molecule has 0 atom stereocenters. The summed E-state index contributed by atoms with van der Waals surface area (Å²) >= 11 is 0. The van der Waals surface area contributed by atoms with Crippen LogP contribution in [0.1, 0.15) is 17.3 Å². The number of carbonyl (C=O) groups is 1. The van der Waals surface area contributed by atoms with Gasteiger partial charge in [0.25, 0.3) is 0 Å². The van der Waals surface area contributed by atoms with Crippen LogP contribution in [0.25, 0.3) is 10.8 Å². The third kappa shape index (κ3) is 2.75. The van der Waals surface area contributed by atoms with Gasteiger partial charge in [-0.15, -0.1) is 0 Å². The van der Waals surface area contributed by atoms with Crippen molar-refractivity contribution >= 4 is 22.4 Å². The number of methoxy groups -OCH3 is 1. The van der Waals surface area contributed by atoms with Crippen molar-refractivity contribution < 1.29 is 14.6 Å². The van der Waals surface area contributed by atoms with Gasteiger partial charge in [-0.25, -0.2) is 4.79 Å². The number of likely N-dealkylation sites (N-methyl/N-ethyl adjacent to an activating group) is 1. The normalized spacial score (nSPS) is 10.7. The number of rotatable bonds is 6. The molecule has 0 aliphatic heterocycles.